The molecular weight excluding hydrogens is 425 g/mol. The molecule has 1 N–H and O–H groups in total. The standard InChI is InChI=1S/C19H29N5.HI/c1-16-9-5-6-10-18(16)15-23(4)19(20-3)22-11-7-8-13-24-14-12-21-17(24)2;/h5-6,9-10,12,14H,7-8,11,13,15H2,1-4H3,(H,20,22);1H. The third-order valence-electron chi connectivity index (χ3n) is 4.27. The molecule has 138 valence electrons. The van der Waals surface area contributed by atoms with Gasteiger partial charge in [-0.2, -0.15) is 0 Å². The third kappa shape index (κ3) is 6.68. The maximum atomic E-state index is 4.39. The number of hydrogen-bond acceptors (Lipinski definition) is 2. The zero-order chi connectivity index (χ0) is 17.4. The van der Waals surface area contributed by atoms with Crippen LogP contribution < -0.4 is 5.32 Å². The van der Waals surface area contributed by atoms with Crippen LogP contribution in [-0.2, 0) is 13.1 Å². The maximum absolute atomic E-state index is 4.39. The molecule has 0 bridgehead atoms. The number of halogens is 1. The van der Waals surface area contributed by atoms with E-state index >= 15 is 0 Å². The highest BCUT2D eigenvalue weighted by Crippen LogP contribution is 2.09. The van der Waals surface area contributed by atoms with E-state index in [9.17, 15) is 0 Å². The van der Waals surface area contributed by atoms with Crippen LogP contribution in [0.5, 0.6) is 0 Å². The second kappa shape index (κ2) is 11.1. The van der Waals surface area contributed by atoms with Crippen molar-refractivity contribution in [2.45, 2.75) is 39.8 Å². The van der Waals surface area contributed by atoms with Gasteiger partial charge in [0.15, 0.2) is 5.96 Å². The van der Waals surface area contributed by atoms with Crippen molar-refractivity contribution in [3.63, 3.8) is 0 Å². The van der Waals surface area contributed by atoms with E-state index in [-0.39, 0.29) is 24.0 Å². The van der Waals surface area contributed by atoms with Crippen LogP contribution in [0.3, 0.4) is 0 Å². The zero-order valence-corrected chi connectivity index (χ0v) is 18.0. The van der Waals surface area contributed by atoms with Crippen molar-refractivity contribution in [3.05, 3.63) is 53.6 Å². The van der Waals surface area contributed by atoms with Gasteiger partial charge in [0.25, 0.3) is 0 Å². The van der Waals surface area contributed by atoms with Crippen molar-refractivity contribution < 1.29 is 0 Å². The summed E-state index contributed by atoms with van der Waals surface area (Å²) in [5, 5.41) is 3.45. The molecule has 0 amide bonds. The number of aliphatic imine (C=N–C) groups is 1. The summed E-state index contributed by atoms with van der Waals surface area (Å²) in [6, 6.07) is 8.49. The Morgan fingerprint density at radius 3 is 2.64 bits per heavy atom. The summed E-state index contributed by atoms with van der Waals surface area (Å²) in [6.45, 7) is 7.00. The molecule has 0 aliphatic carbocycles. The lowest BCUT2D eigenvalue weighted by Gasteiger charge is -2.23. The largest absolute Gasteiger partial charge is 0.356 e. The Morgan fingerprint density at radius 2 is 2.00 bits per heavy atom. The normalized spacial score (nSPS) is 11.1. The lowest BCUT2D eigenvalue weighted by Crippen LogP contribution is -2.39. The van der Waals surface area contributed by atoms with Crippen LogP contribution in [0.25, 0.3) is 0 Å². The fraction of sp³-hybridized carbons (Fsp3) is 0.474. The van der Waals surface area contributed by atoms with Crippen LogP contribution in [-0.4, -0.2) is 41.1 Å². The zero-order valence-electron chi connectivity index (χ0n) is 15.7. The quantitative estimate of drug-likeness (QED) is 0.300. The average molecular weight is 455 g/mol. The monoisotopic (exact) mass is 455 g/mol. The van der Waals surface area contributed by atoms with Gasteiger partial charge in [0, 0.05) is 46.1 Å². The van der Waals surface area contributed by atoms with Crippen molar-refractivity contribution in [3.8, 4) is 0 Å². The van der Waals surface area contributed by atoms with Crippen molar-refractivity contribution in [2.24, 2.45) is 4.99 Å². The predicted octanol–water partition coefficient (Wildman–Crippen LogP) is 3.61. The maximum Gasteiger partial charge on any atom is 0.193 e. The van der Waals surface area contributed by atoms with Gasteiger partial charge in [-0.3, -0.25) is 4.99 Å². The average Bonchev–Trinajstić information content (AvgIpc) is 2.98. The highest BCUT2D eigenvalue weighted by atomic mass is 127. The predicted molar refractivity (Wildman–Crippen MR) is 116 cm³/mol. The smallest absolute Gasteiger partial charge is 0.193 e. The van der Waals surface area contributed by atoms with Gasteiger partial charge in [-0.25, -0.2) is 4.98 Å². The number of guanidine groups is 1. The van der Waals surface area contributed by atoms with Gasteiger partial charge in [-0.05, 0) is 37.8 Å². The number of benzene rings is 1. The first-order valence-corrected chi connectivity index (χ1v) is 8.56. The van der Waals surface area contributed by atoms with Gasteiger partial charge in [0.2, 0.25) is 0 Å². The van der Waals surface area contributed by atoms with E-state index in [1.165, 1.54) is 11.1 Å². The number of unbranched alkanes of at least 4 members (excludes halogenated alkanes) is 1. The second-order valence-corrected chi connectivity index (χ2v) is 6.13. The first-order valence-electron chi connectivity index (χ1n) is 8.56. The lowest BCUT2D eigenvalue weighted by molar-refractivity contribution is 0.472. The molecule has 25 heavy (non-hydrogen) atoms. The summed E-state index contributed by atoms with van der Waals surface area (Å²) in [4.78, 5) is 10.8. The lowest BCUT2D eigenvalue weighted by atomic mass is 10.1. The molecule has 0 radical (unpaired) electrons. The first-order chi connectivity index (χ1) is 11.6. The van der Waals surface area contributed by atoms with Gasteiger partial charge in [0.1, 0.15) is 5.82 Å². The SMILES string of the molecule is CN=C(NCCCCn1ccnc1C)N(C)Cc1ccccc1C.I. The Kier molecular flexibility index (Phi) is 9.55. The number of hydrogen-bond donors (Lipinski definition) is 1. The minimum Gasteiger partial charge on any atom is -0.356 e. The van der Waals surface area contributed by atoms with Crippen molar-refractivity contribution in [2.75, 3.05) is 20.6 Å². The molecule has 6 heteroatoms. The summed E-state index contributed by atoms with van der Waals surface area (Å²) >= 11 is 0. The molecule has 0 unspecified atom stereocenters. The molecule has 0 aliphatic heterocycles. The fourth-order valence-electron chi connectivity index (χ4n) is 2.75. The molecule has 1 aromatic heterocycles. The Hall–Kier alpha value is -1.57. The molecule has 2 aromatic rings. The van der Waals surface area contributed by atoms with Gasteiger partial charge < -0.3 is 14.8 Å². The summed E-state index contributed by atoms with van der Waals surface area (Å²) in [7, 11) is 3.92. The molecule has 0 spiro atoms. The molecule has 5 nitrogen and oxygen atoms in total. The van der Waals surface area contributed by atoms with Crippen LogP contribution in [0, 0.1) is 13.8 Å². The number of aromatic nitrogens is 2. The van der Waals surface area contributed by atoms with E-state index in [0.29, 0.717) is 0 Å². The Morgan fingerprint density at radius 1 is 1.24 bits per heavy atom. The number of rotatable bonds is 7. The molecular formula is C19H30IN5. The van der Waals surface area contributed by atoms with Crippen LogP contribution in [0.4, 0.5) is 0 Å². The topological polar surface area (TPSA) is 45.5 Å². The van der Waals surface area contributed by atoms with E-state index < -0.39 is 0 Å². The van der Waals surface area contributed by atoms with Crippen LogP contribution >= 0.6 is 24.0 Å². The Bertz CT molecular complexity index is 665. The molecule has 1 aromatic carbocycles. The highest BCUT2D eigenvalue weighted by molar-refractivity contribution is 14.0. The van der Waals surface area contributed by atoms with Crippen LogP contribution in [0.2, 0.25) is 0 Å². The van der Waals surface area contributed by atoms with Crippen LogP contribution in [0.1, 0.15) is 29.8 Å². The fourth-order valence-corrected chi connectivity index (χ4v) is 2.75. The number of nitrogens with zero attached hydrogens (tertiary/aromatic N) is 4. The van der Waals surface area contributed by atoms with E-state index in [2.05, 4.69) is 63.0 Å². The molecule has 2 rings (SSSR count). The van der Waals surface area contributed by atoms with E-state index in [1.54, 1.807) is 0 Å². The summed E-state index contributed by atoms with van der Waals surface area (Å²) in [5.41, 5.74) is 2.65. The Labute approximate surface area is 168 Å². The van der Waals surface area contributed by atoms with Gasteiger partial charge in [0.05, 0.1) is 0 Å². The second-order valence-electron chi connectivity index (χ2n) is 6.13. The minimum absolute atomic E-state index is 0. The molecule has 0 saturated carbocycles. The number of aryl methyl sites for hydroxylation is 3. The van der Waals surface area contributed by atoms with E-state index in [1.807, 2.05) is 26.4 Å². The van der Waals surface area contributed by atoms with Gasteiger partial charge in [-0.15, -0.1) is 24.0 Å². The van der Waals surface area contributed by atoms with E-state index in [0.717, 1.165) is 44.3 Å². The Balaban J connectivity index is 0.00000312. The van der Waals surface area contributed by atoms with Crippen LogP contribution in [0.15, 0.2) is 41.7 Å². The molecule has 0 fully saturated rings. The van der Waals surface area contributed by atoms with Crippen molar-refractivity contribution in [1.29, 1.82) is 0 Å². The van der Waals surface area contributed by atoms with Crippen molar-refractivity contribution in [1.82, 2.24) is 19.8 Å². The van der Waals surface area contributed by atoms with Gasteiger partial charge >= 0.3 is 0 Å². The number of nitrogens with one attached hydrogen (secondary N) is 1. The minimum atomic E-state index is 0. The summed E-state index contributed by atoms with van der Waals surface area (Å²) in [6.07, 6.45) is 6.13. The van der Waals surface area contributed by atoms with Crippen molar-refractivity contribution >= 4 is 29.9 Å². The van der Waals surface area contributed by atoms with E-state index in [4.69, 9.17) is 0 Å². The third-order valence-corrected chi connectivity index (χ3v) is 4.27. The molecule has 1 heterocycles. The highest BCUT2D eigenvalue weighted by Gasteiger charge is 2.07. The number of imidazole rings is 1. The van der Waals surface area contributed by atoms with Gasteiger partial charge in [-0.1, -0.05) is 24.3 Å². The summed E-state index contributed by atoms with van der Waals surface area (Å²) in [5.74, 6) is 2.02. The molecule has 0 aliphatic rings. The molecule has 0 saturated heterocycles. The summed E-state index contributed by atoms with van der Waals surface area (Å²) < 4.78 is 2.19. The first kappa shape index (κ1) is 21.5. The molecule has 0 atom stereocenters.